The maximum atomic E-state index is 12.4. The fourth-order valence-electron chi connectivity index (χ4n) is 2.78. The molecule has 1 aliphatic carbocycles. The molecule has 1 fully saturated rings. The summed E-state index contributed by atoms with van der Waals surface area (Å²) >= 11 is 1.34. The second-order valence-electron chi connectivity index (χ2n) is 5.49. The third-order valence-corrected chi connectivity index (χ3v) is 4.94. The molecule has 0 saturated heterocycles. The standard InChI is InChI=1S/C14H15N3O4S/c1-7-6-22-14-15-5-10(12(19)17(7)14)11(18)16-9-3-2-8(4-9)13(20)21/h5-6,8-9H,2-4H2,1H3,(H,16,18)(H,20,21)/t8-,9+/m0/s1. The fraction of sp³-hybridized carbons (Fsp3) is 0.429. The van der Waals surface area contributed by atoms with E-state index < -0.39 is 23.4 Å². The molecular weight excluding hydrogens is 306 g/mol. The molecule has 7 nitrogen and oxygen atoms in total. The number of carboxylic acid groups (broad SMARTS) is 1. The zero-order chi connectivity index (χ0) is 15.9. The van der Waals surface area contributed by atoms with Crippen LogP contribution in [0.3, 0.4) is 0 Å². The van der Waals surface area contributed by atoms with E-state index in [4.69, 9.17) is 5.11 Å². The van der Waals surface area contributed by atoms with E-state index in [0.29, 0.717) is 24.2 Å². The van der Waals surface area contributed by atoms with E-state index in [-0.39, 0.29) is 11.6 Å². The van der Waals surface area contributed by atoms with Gasteiger partial charge in [-0.1, -0.05) is 0 Å². The molecule has 2 atom stereocenters. The molecule has 1 amide bonds. The van der Waals surface area contributed by atoms with Crippen molar-refractivity contribution >= 4 is 28.2 Å². The molecule has 3 rings (SSSR count). The molecule has 0 aromatic carbocycles. The van der Waals surface area contributed by atoms with Crippen LogP contribution >= 0.6 is 11.3 Å². The topological polar surface area (TPSA) is 101 Å². The number of carboxylic acids is 1. The number of aromatic nitrogens is 2. The number of carbonyl (C=O) groups is 2. The molecule has 0 unspecified atom stereocenters. The number of thiazole rings is 1. The number of rotatable bonds is 3. The van der Waals surface area contributed by atoms with Gasteiger partial charge in [-0.25, -0.2) is 4.98 Å². The van der Waals surface area contributed by atoms with Gasteiger partial charge < -0.3 is 10.4 Å². The Morgan fingerprint density at radius 2 is 2.23 bits per heavy atom. The zero-order valence-electron chi connectivity index (χ0n) is 11.9. The van der Waals surface area contributed by atoms with Crippen molar-refractivity contribution in [3.05, 3.63) is 33.2 Å². The Balaban J connectivity index is 1.81. The smallest absolute Gasteiger partial charge is 0.306 e. The maximum Gasteiger partial charge on any atom is 0.306 e. The van der Waals surface area contributed by atoms with Gasteiger partial charge in [0, 0.05) is 23.3 Å². The minimum atomic E-state index is -0.839. The Hall–Kier alpha value is -2.22. The predicted octanol–water partition coefficient (Wildman–Crippen LogP) is 1.05. The first-order valence-corrected chi connectivity index (χ1v) is 7.85. The van der Waals surface area contributed by atoms with E-state index in [0.717, 1.165) is 5.69 Å². The van der Waals surface area contributed by atoms with E-state index in [1.54, 1.807) is 12.3 Å². The molecule has 2 aromatic heterocycles. The summed E-state index contributed by atoms with van der Waals surface area (Å²) < 4.78 is 1.41. The summed E-state index contributed by atoms with van der Waals surface area (Å²) in [5, 5.41) is 13.5. The lowest BCUT2D eigenvalue weighted by Crippen LogP contribution is -2.37. The van der Waals surface area contributed by atoms with Gasteiger partial charge in [0.1, 0.15) is 5.56 Å². The van der Waals surface area contributed by atoms with Crippen molar-refractivity contribution in [1.82, 2.24) is 14.7 Å². The Bertz CT molecular complexity index is 810. The molecule has 0 spiro atoms. The van der Waals surface area contributed by atoms with Crippen molar-refractivity contribution in [1.29, 1.82) is 0 Å². The first kappa shape index (κ1) is 14.7. The molecular formula is C14H15N3O4S. The van der Waals surface area contributed by atoms with Crippen molar-refractivity contribution in [3.8, 4) is 0 Å². The van der Waals surface area contributed by atoms with Gasteiger partial charge in [0.2, 0.25) is 0 Å². The second kappa shape index (κ2) is 5.53. The summed E-state index contributed by atoms with van der Waals surface area (Å²) in [4.78, 5) is 40.3. The highest BCUT2D eigenvalue weighted by Crippen LogP contribution is 2.25. The third-order valence-electron chi connectivity index (χ3n) is 3.98. The van der Waals surface area contributed by atoms with Crippen LogP contribution in [0.15, 0.2) is 16.4 Å². The number of aryl methyl sites for hydroxylation is 1. The molecule has 2 N–H and O–H groups in total. The van der Waals surface area contributed by atoms with Gasteiger partial charge in [-0.05, 0) is 26.2 Å². The van der Waals surface area contributed by atoms with Crippen molar-refractivity contribution in [2.45, 2.75) is 32.2 Å². The molecule has 8 heteroatoms. The highest BCUT2D eigenvalue weighted by molar-refractivity contribution is 7.15. The predicted molar refractivity (Wildman–Crippen MR) is 80.3 cm³/mol. The molecule has 0 bridgehead atoms. The van der Waals surface area contributed by atoms with E-state index in [9.17, 15) is 14.4 Å². The molecule has 2 heterocycles. The minimum absolute atomic E-state index is 0.0159. The van der Waals surface area contributed by atoms with Crippen LogP contribution < -0.4 is 10.9 Å². The largest absolute Gasteiger partial charge is 0.481 e. The summed E-state index contributed by atoms with van der Waals surface area (Å²) in [6.07, 6.45) is 2.83. The number of fused-ring (bicyclic) bond motifs is 1. The molecule has 0 radical (unpaired) electrons. The highest BCUT2D eigenvalue weighted by atomic mass is 32.1. The van der Waals surface area contributed by atoms with Crippen molar-refractivity contribution in [3.63, 3.8) is 0 Å². The van der Waals surface area contributed by atoms with Gasteiger partial charge in [0.05, 0.1) is 5.92 Å². The average molecular weight is 321 g/mol. The fourth-order valence-corrected chi connectivity index (χ4v) is 3.61. The first-order chi connectivity index (χ1) is 10.5. The average Bonchev–Trinajstić information content (AvgIpc) is 3.07. The lowest BCUT2D eigenvalue weighted by molar-refractivity contribution is -0.141. The number of nitrogens with one attached hydrogen (secondary N) is 1. The summed E-state index contributed by atoms with van der Waals surface area (Å²) in [5.41, 5.74) is 0.325. The van der Waals surface area contributed by atoms with Gasteiger partial charge in [0.15, 0.2) is 4.96 Å². The molecule has 22 heavy (non-hydrogen) atoms. The maximum absolute atomic E-state index is 12.4. The van der Waals surface area contributed by atoms with Crippen molar-refractivity contribution in [2.24, 2.45) is 5.92 Å². The Morgan fingerprint density at radius 1 is 1.45 bits per heavy atom. The number of carbonyl (C=O) groups excluding carboxylic acids is 1. The Labute approximate surface area is 129 Å². The van der Waals surface area contributed by atoms with Crippen LogP contribution in [-0.4, -0.2) is 32.4 Å². The zero-order valence-corrected chi connectivity index (χ0v) is 12.7. The van der Waals surface area contributed by atoms with Gasteiger partial charge in [0.25, 0.3) is 11.5 Å². The van der Waals surface area contributed by atoms with Crippen LogP contribution in [0, 0.1) is 12.8 Å². The number of nitrogens with zero attached hydrogens (tertiary/aromatic N) is 2. The Morgan fingerprint density at radius 3 is 2.91 bits per heavy atom. The van der Waals surface area contributed by atoms with Crippen LogP contribution in [0.1, 0.15) is 35.3 Å². The third kappa shape index (κ3) is 2.50. The second-order valence-corrected chi connectivity index (χ2v) is 6.33. The molecule has 116 valence electrons. The Kier molecular flexibility index (Phi) is 3.69. The van der Waals surface area contributed by atoms with E-state index in [1.165, 1.54) is 21.9 Å². The van der Waals surface area contributed by atoms with Crippen LogP contribution in [0.25, 0.3) is 4.96 Å². The SMILES string of the molecule is Cc1csc2ncc(C(=O)N[C@@H]3CC[C@H](C(=O)O)C3)c(=O)n12. The van der Waals surface area contributed by atoms with Crippen LogP contribution in [0.4, 0.5) is 0 Å². The number of aliphatic carboxylic acids is 1. The number of hydrogen-bond donors (Lipinski definition) is 2. The van der Waals surface area contributed by atoms with E-state index in [1.807, 2.05) is 0 Å². The van der Waals surface area contributed by atoms with Gasteiger partial charge in [-0.2, -0.15) is 0 Å². The quantitative estimate of drug-likeness (QED) is 0.880. The van der Waals surface area contributed by atoms with Gasteiger partial charge in [-0.3, -0.25) is 18.8 Å². The van der Waals surface area contributed by atoms with Crippen LogP contribution in [0.5, 0.6) is 0 Å². The summed E-state index contributed by atoms with van der Waals surface area (Å²) in [7, 11) is 0. The molecule has 1 aliphatic rings. The van der Waals surface area contributed by atoms with Gasteiger partial charge >= 0.3 is 5.97 Å². The monoisotopic (exact) mass is 321 g/mol. The molecule has 1 saturated carbocycles. The summed E-state index contributed by atoms with van der Waals surface area (Å²) in [6.45, 7) is 1.78. The first-order valence-electron chi connectivity index (χ1n) is 6.97. The van der Waals surface area contributed by atoms with Crippen LogP contribution in [-0.2, 0) is 4.79 Å². The van der Waals surface area contributed by atoms with E-state index in [2.05, 4.69) is 10.3 Å². The summed E-state index contributed by atoms with van der Waals surface area (Å²) in [5.74, 6) is -1.76. The lowest BCUT2D eigenvalue weighted by atomic mass is 10.1. The normalized spacial score (nSPS) is 21.1. The lowest BCUT2D eigenvalue weighted by Gasteiger charge is -2.12. The molecule has 2 aromatic rings. The highest BCUT2D eigenvalue weighted by Gasteiger charge is 2.31. The van der Waals surface area contributed by atoms with E-state index >= 15 is 0 Å². The minimum Gasteiger partial charge on any atom is -0.481 e. The van der Waals surface area contributed by atoms with Gasteiger partial charge in [-0.15, -0.1) is 11.3 Å². The number of amides is 1. The summed E-state index contributed by atoms with van der Waals surface area (Å²) in [6, 6.07) is -0.211. The molecule has 0 aliphatic heterocycles. The number of hydrogen-bond acceptors (Lipinski definition) is 5. The van der Waals surface area contributed by atoms with Crippen molar-refractivity contribution in [2.75, 3.05) is 0 Å². The van der Waals surface area contributed by atoms with Crippen molar-refractivity contribution < 1.29 is 14.7 Å². The van der Waals surface area contributed by atoms with Crippen LogP contribution in [0.2, 0.25) is 0 Å².